The van der Waals surface area contributed by atoms with Crippen molar-refractivity contribution in [3.05, 3.63) is 22.1 Å². The zero-order chi connectivity index (χ0) is 15.2. The van der Waals surface area contributed by atoms with E-state index in [0.717, 1.165) is 12.8 Å². The van der Waals surface area contributed by atoms with Crippen LogP contribution in [0.2, 0.25) is 0 Å². The van der Waals surface area contributed by atoms with Gasteiger partial charge in [-0.25, -0.2) is 14.2 Å². The molecule has 1 aromatic rings. The molecule has 5 nitrogen and oxygen atoms in total. The maximum absolute atomic E-state index is 14.3. The van der Waals surface area contributed by atoms with Crippen LogP contribution in [0.3, 0.4) is 0 Å². The van der Waals surface area contributed by atoms with Crippen LogP contribution < -0.4 is 4.90 Å². The summed E-state index contributed by atoms with van der Waals surface area (Å²) in [6.07, 6.45) is 4.13. The molecule has 7 heteroatoms. The zero-order valence-corrected chi connectivity index (χ0v) is 12.8. The summed E-state index contributed by atoms with van der Waals surface area (Å²) in [5.74, 6) is -1.38. The van der Waals surface area contributed by atoms with Crippen molar-refractivity contribution < 1.29 is 19.1 Å². The van der Waals surface area contributed by atoms with Crippen molar-refractivity contribution in [1.29, 1.82) is 0 Å². The molecule has 1 saturated carbocycles. The van der Waals surface area contributed by atoms with Gasteiger partial charge >= 0.3 is 5.97 Å². The van der Waals surface area contributed by atoms with Crippen LogP contribution in [0, 0.1) is 11.2 Å². The van der Waals surface area contributed by atoms with Gasteiger partial charge in [0, 0.05) is 32.1 Å². The van der Waals surface area contributed by atoms with E-state index in [0.29, 0.717) is 31.7 Å². The molecular weight excluding hydrogens is 343 g/mol. The van der Waals surface area contributed by atoms with Crippen LogP contribution in [-0.4, -0.2) is 34.9 Å². The van der Waals surface area contributed by atoms with E-state index in [2.05, 4.69) is 20.9 Å². The molecule has 112 valence electrons. The largest absolute Gasteiger partial charge is 0.478 e. The summed E-state index contributed by atoms with van der Waals surface area (Å²) >= 11 is 2.99. The Morgan fingerprint density at radius 1 is 1.38 bits per heavy atom. The van der Waals surface area contributed by atoms with E-state index in [1.165, 1.54) is 6.20 Å². The third kappa shape index (κ3) is 2.43. The first-order valence-electron chi connectivity index (χ1n) is 6.76. The van der Waals surface area contributed by atoms with Crippen molar-refractivity contribution >= 4 is 33.5 Å². The van der Waals surface area contributed by atoms with Crippen LogP contribution in [0.4, 0.5) is 10.2 Å². The number of Topliss-reactive ketones (excluding diaryl/α,β-unsaturated/α-hetero) is 1. The van der Waals surface area contributed by atoms with Gasteiger partial charge in [-0.15, -0.1) is 0 Å². The molecule has 2 fully saturated rings. The van der Waals surface area contributed by atoms with Crippen molar-refractivity contribution in [2.75, 3.05) is 18.0 Å². The molecule has 0 unspecified atom stereocenters. The van der Waals surface area contributed by atoms with Crippen LogP contribution in [0.5, 0.6) is 0 Å². The number of carboxylic acids is 1. The smallest absolute Gasteiger partial charge is 0.338 e. The lowest BCUT2D eigenvalue weighted by Crippen LogP contribution is -2.47. The van der Waals surface area contributed by atoms with E-state index >= 15 is 0 Å². The number of carboxylic acid groups (broad SMARTS) is 1. The van der Waals surface area contributed by atoms with Gasteiger partial charge in [-0.1, -0.05) is 0 Å². The highest BCUT2D eigenvalue weighted by Gasteiger charge is 2.45. The molecule has 2 heterocycles. The summed E-state index contributed by atoms with van der Waals surface area (Å²) in [7, 11) is 0. The molecule has 1 spiro atoms. The lowest BCUT2D eigenvalue weighted by molar-refractivity contribution is -0.133. The molecule has 3 rings (SSSR count). The number of nitrogens with zero attached hydrogens (tertiary/aromatic N) is 2. The van der Waals surface area contributed by atoms with Crippen LogP contribution >= 0.6 is 15.9 Å². The number of piperidine rings is 1. The van der Waals surface area contributed by atoms with E-state index in [1.54, 1.807) is 0 Å². The minimum atomic E-state index is -1.22. The van der Waals surface area contributed by atoms with Crippen LogP contribution in [-0.2, 0) is 4.79 Å². The van der Waals surface area contributed by atoms with Gasteiger partial charge in [0.1, 0.15) is 5.78 Å². The predicted molar refractivity (Wildman–Crippen MR) is 77.0 cm³/mol. The number of rotatable bonds is 2. The summed E-state index contributed by atoms with van der Waals surface area (Å²) in [4.78, 5) is 27.9. The molecule has 0 aromatic carbocycles. The van der Waals surface area contributed by atoms with Gasteiger partial charge in [0.15, 0.2) is 11.6 Å². The number of hydrogen-bond acceptors (Lipinski definition) is 4. The standard InChI is InChI=1S/C14H14BrFN2O3/c15-10-9(13(20)21)7-17-12(11(10)16)18-3-1-14(2-4-18)5-8(19)6-14/h7H,1-6H2,(H,20,21). The molecule has 1 aliphatic heterocycles. The Kier molecular flexibility index (Phi) is 3.47. The maximum atomic E-state index is 14.3. The van der Waals surface area contributed by atoms with Crippen molar-refractivity contribution in [2.24, 2.45) is 5.41 Å². The topological polar surface area (TPSA) is 70.5 Å². The van der Waals surface area contributed by atoms with Gasteiger partial charge < -0.3 is 10.0 Å². The van der Waals surface area contributed by atoms with E-state index in [-0.39, 0.29) is 21.3 Å². The lowest BCUT2D eigenvalue weighted by Gasteiger charge is -2.47. The monoisotopic (exact) mass is 356 g/mol. The first kappa shape index (κ1) is 14.4. The summed E-state index contributed by atoms with van der Waals surface area (Å²) in [6, 6.07) is 0. The van der Waals surface area contributed by atoms with E-state index in [9.17, 15) is 14.0 Å². The molecule has 1 aromatic heterocycles. The highest BCUT2D eigenvalue weighted by Crippen LogP contribution is 2.47. The number of carbonyl (C=O) groups is 2. The first-order valence-corrected chi connectivity index (χ1v) is 7.55. The number of anilines is 1. The highest BCUT2D eigenvalue weighted by atomic mass is 79.9. The van der Waals surface area contributed by atoms with Gasteiger partial charge in [0.2, 0.25) is 0 Å². The fourth-order valence-electron chi connectivity index (χ4n) is 3.16. The number of hydrogen-bond donors (Lipinski definition) is 1. The molecule has 1 saturated heterocycles. The molecule has 0 amide bonds. The van der Waals surface area contributed by atoms with Gasteiger partial charge in [-0.2, -0.15) is 0 Å². The van der Waals surface area contributed by atoms with Gasteiger partial charge in [-0.3, -0.25) is 4.79 Å². The third-order valence-electron chi connectivity index (χ3n) is 4.44. The molecule has 1 N–H and O–H groups in total. The van der Waals surface area contributed by atoms with Crippen LogP contribution in [0.1, 0.15) is 36.0 Å². The third-order valence-corrected chi connectivity index (χ3v) is 5.22. The second kappa shape index (κ2) is 5.05. The predicted octanol–water partition coefficient (Wildman–Crippen LogP) is 2.63. The molecule has 21 heavy (non-hydrogen) atoms. The minimum absolute atomic E-state index is 0.0703. The fraction of sp³-hybridized carbons (Fsp3) is 0.500. The number of aromatic nitrogens is 1. The Morgan fingerprint density at radius 3 is 2.52 bits per heavy atom. The van der Waals surface area contributed by atoms with Crippen molar-refractivity contribution in [3.8, 4) is 0 Å². The van der Waals surface area contributed by atoms with Gasteiger partial charge in [0.05, 0.1) is 10.0 Å². The average molecular weight is 357 g/mol. The Balaban J connectivity index is 1.78. The van der Waals surface area contributed by atoms with Crippen molar-refractivity contribution in [2.45, 2.75) is 25.7 Å². The first-order chi connectivity index (χ1) is 9.92. The lowest BCUT2D eigenvalue weighted by atomic mass is 9.62. The minimum Gasteiger partial charge on any atom is -0.478 e. The fourth-order valence-corrected chi connectivity index (χ4v) is 3.61. The average Bonchev–Trinajstić information content (AvgIpc) is 2.41. The maximum Gasteiger partial charge on any atom is 0.338 e. The quantitative estimate of drug-likeness (QED) is 0.881. The van der Waals surface area contributed by atoms with E-state index < -0.39 is 11.8 Å². The Morgan fingerprint density at radius 2 is 2.00 bits per heavy atom. The Labute approximate surface area is 129 Å². The Bertz CT molecular complexity index is 617. The second-order valence-corrected chi connectivity index (χ2v) is 6.60. The summed E-state index contributed by atoms with van der Waals surface area (Å²) in [6.45, 7) is 1.27. The molecule has 2 aliphatic rings. The molecule has 0 radical (unpaired) electrons. The molecular formula is C14H14BrFN2O3. The number of carbonyl (C=O) groups excluding carboxylic acids is 1. The van der Waals surface area contributed by atoms with Gasteiger partial charge in [-0.05, 0) is 34.2 Å². The molecule has 0 bridgehead atoms. The highest BCUT2D eigenvalue weighted by molar-refractivity contribution is 9.10. The summed E-state index contributed by atoms with van der Waals surface area (Å²) < 4.78 is 14.2. The molecule has 0 atom stereocenters. The number of pyridine rings is 1. The number of aromatic carboxylic acids is 1. The summed E-state index contributed by atoms with van der Waals surface area (Å²) in [5, 5.41) is 8.94. The zero-order valence-electron chi connectivity index (χ0n) is 11.2. The Hall–Kier alpha value is -1.50. The molecule has 1 aliphatic carbocycles. The second-order valence-electron chi connectivity index (χ2n) is 5.81. The van der Waals surface area contributed by atoms with Crippen molar-refractivity contribution in [3.63, 3.8) is 0 Å². The summed E-state index contributed by atoms with van der Waals surface area (Å²) in [5.41, 5.74) is -0.0724. The van der Waals surface area contributed by atoms with Crippen molar-refractivity contribution in [1.82, 2.24) is 4.98 Å². The van der Waals surface area contributed by atoms with Crippen LogP contribution in [0.25, 0.3) is 0 Å². The number of halogens is 2. The van der Waals surface area contributed by atoms with E-state index in [1.807, 2.05) is 4.90 Å². The SMILES string of the molecule is O=C1CC2(CCN(c3ncc(C(=O)O)c(Br)c3F)CC2)C1. The normalized spacial score (nSPS) is 20.5. The van der Waals surface area contributed by atoms with Crippen LogP contribution in [0.15, 0.2) is 10.7 Å². The van der Waals surface area contributed by atoms with E-state index in [4.69, 9.17) is 5.11 Å². The number of ketones is 1. The van der Waals surface area contributed by atoms with Gasteiger partial charge in [0.25, 0.3) is 0 Å².